The zero-order chi connectivity index (χ0) is 9.54. The lowest BCUT2D eigenvalue weighted by molar-refractivity contribution is 0.00738. The second kappa shape index (κ2) is 3.47. The molecule has 0 aromatic rings. The van der Waals surface area contributed by atoms with Crippen LogP contribution in [0.25, 0.3) is 0 Å². The van der Waals surface area contributed by atoms with Gasteiger partial charge >= 0.3 is 0 Å². The largest absolute Gasteiger partial charge is 0.392 e. The van der Waals surface area contributed by atoms with Crippen molar-refractivity contribution in [3.05, 3.63) is 0 Å². The first-order valence-electron chi connectivity index (χ1n) is 5.76. The fraction of sp³-hybridized carbons (Fsp3) is 1.00. The average molecular weight is 198 g/mol. The average Bonchev–Trinajstić information content (AvgIpc) is 2.93. The summed E-state index contributed by atoms with van der Waals surface area (Å²) in [7, 11) is 0. The lowest BCUT2D eigenvalue weighted by Gasteiger charge is -2.27. The summed E-state index contributed by atoms with van der Waals surface area (Å²) in [5, 5.41) is 10.2. The number of hydrogen-bond donors (Lipinski definition) is 1. The molecular weight excluding hydrogens is 180 g/mol. The molecule has 3 aliphatic rings. The van der Waals surface area contributed by atoms with Crippen LogP contribution in [-0.4, -0.2) is 36.6 Å². The summed E-state index contributed by atoms with van der Waals surface area (Å²) in [5.74, 6) is 0.753. The van der Waals surface area contributed by atoms with E-state index in [0.717, 1.165) is 32.5 Å². The highest BCUT2D eigenvalue weighted by molar-refractivity contribution is 4.95. The zero-order valence-corrected chi connectivity index (χ0v) is 8.39. The van der Waals surface area contributed by atoms with Gasteiger partial charge in [0.1, 0.15) is 0 Å². The summed E-state index contributed by atoms with van der Waals surface area (Å²) in [6, 6.07) is 0. The molecule has 3 heteroatoms. The lowest BCUT2D eigenvalue weighted by Crippen LogP contribution is -2.35. The number of ether oxygens (including phenoxy) is 2. The second-order valence-corrected chi connectivity index (χ2v) is 4.89. The minimum atomic E-state index is -0.187. The minimum Gasteiger partial charge on any atom is -0.392 e. The van der Waals surface area contributed by atoms with Crippen LogP contribution >= 0.6 is 0 Å². The Bertz CT molecular complexity index is 213. The Balaban J connectivity index is 1.64. The van der Waals surface area contributed by atoms with E-state index in [-0.39, 0.29) is 6.10 Å². The molecule has 3 rings (SSSR count). The van der Waals surface area contributed by atoms with Crippen molar-refractivity contribution < 1.29 is 14.6 Å². The SMILES string of the molecule is OC(C1CCOC1)C1CC2CCC1O2. The Morgan fingerprint density at radius 1 is 1.21 bits per heavy atom. The van der Waals surface area contributed by atoms with Crippen molar-refractivity contribution in [3.63, 3.8) is 0 Å². The number of hydrogen-bond acceptors (Lipinski definition) is 3. The molecule has 2 bridgehead atoms. The van der Waals surface area contributed by atoms with E-state index in [2.05, 4.69) is 0 Å². The molecule has 0 amide bonds. The van der Waals surface area contributed by atoms with Gasteiger partial charge in [-0.25, -0.2) is 0 Å². The molecule has 0 aliphatic carbocycles. The monoisotopic (exact) mass is 198 g/mol. The van der Waals surface area contributed by atoms with Gasteiger partial charge in [0.15, 0.2) is 0 Å². The van der Waals surface area contributed by atoms with E-state index >= 15 is 0 Å². The fourth-order valence-electron chi connectivity index (χ4n) is 3.21. The zero-order valence-electron chi connectivity index (χ0n) is 8.39. The third kappa shape index (κ3) is 1.38. The molecule has 0 radical (unpaired) electrons. The van der Waals surface area contributed by atoms with Crippen molar-refractivity contribution in [1.82, 2.24) is 0 Å². The van der Waals surface area contributed by atoms with E-state index in [9.17, 15) is 5.11 Å². The Hall–Kier alpha value is -0.120. The summed E-state index contributed by atoms with van der Waals surface area (Å²) in [6.07, 6.45) is 5.05. The lowest BCUT2D eigenvalue weighted by atomic mass is 9.80. The van der Waals surface area contributed by atoms with Crippen LogP contribution in [-0.2, 0) is 9.47 Å². The third-order valence-corrected chi connectivity index (χ3v) is 4.04. The number of fused-ring (bicyclic) bond motifs is 2. The van der Waals surface area contributed by atoms with Gasteiger partial charge in [-0.2, -0.15) is 0 Å². The van der Waals surface area contributed by atoms with Gasteiger partial charge in [0, 0.05) is 18.4 Å². The molecule has 80 valence electrons. The van der Waals surface area contributed by atoms with Gasteiger partial charge in [-0.15, -0.1) is 0 Å². The maximum Gasteiger partial charge on any atom is 0.0645 e. The molecule has 5 unspecified atom stereocenters. The number of aliphatic hydroxyl groups excluding tert-OH is 1. The smallest absolute Gasteiger partial charge is 0.0645 e. The Morgan fingerprint density at radius 2 is 2.14 bits per heavy atom. The number of rotatable bonds is 2. The highest BCUT2D eigenvalue weighted by Crippen LogP contribution is 2.42. The molecular formula is C11H18O3. The highest BCUT2D eigenvalue weighted by Gasteiger charge is 2.46. The van der Waals surface area contributed by atoms with Crippen LogP contribution in [0.2, 0.25) is 0 Å². The summed E-state index contributed by atoms with van der Waals surface area (Å²) in [5.41, 5.74) is 0. The molecule has 14 heavy (non-hydrogen) atoms. The van der Waals surface area contributed by atoms with Gasteiger partial charge in [-0.05, 0) is 25.7 Å². The first kappa shape index (κ1) is 9.13. The van der Waals surface area contributed by atoms with E-state index in [1.165, 1.54) is 6.42 Å². The molecule has 1 N–H and O–H groups in total. The van der Waals surface area contributed by atoms with Crippen LogP contribution < -0.4 is 0 Å². The third-order valence-electron chi connectivity index (χ3n) is 4.04. The van der Waals surface area contributed by atoms with Gasteiger partial charge in [0.25, 0.3) is 0 Å². The normalized spacial score (nSPS) is 48.6. The number of aliphatic hydroxyl groups is 1. The van der Waals surface area contributed by atoms with Crippen LogP contribution in [0, 0.1) is 11.8 Å². The summed E-state index contributed by atoms with van der Waals surface area (Å²) < 4.78 is 11.1. The quantitative estimate of drug-likeness (QED) is 0.718. The van der Waals surface area contributed by atoms with Crippen molar-refractivity contribution in [2.24, 2.45) is 11.8 Å². The molecule has 5 atom stereocenters. The van der Waals surface area contributed by atoms with E-state index in [0.29, 0.717) is 24.0 Å². The Labute approximate surface area is 84.4 Å². The van der Waals surface area contributed by atoms with E-state index < -0.39 is 0 Å². The van der Waals surface area contributed by atoms with Crippen LogP contribution in [0.15, 0.2) is 0 Å². The van der Waals surface area contributed by atoms with Crippen molar-refractivity contribution in [2.75, 3.05) is 13.2 Å². The van der Waals surface area contributed by atoms with Crippen molar-refractivity contribution in [2.45, 2.75) is 44.0 Å². The fourth-order valence-corrected chi connectivity index (χ4v) is 3.21. The predicted molar refractivity (Wildman–Crippen MR) is 50.9 cm³/mol. The highest BCUT2D eigenvalue weighted by atomic mass is 16.5. The molecule has 3 saturated heterocycles. The van der Waals surface area contributed by atoms with Crippen LogP contribution in [0.3, 0.4) is 0 Å². The van der Waals surface area contributed by atoms with E-state index in [1.54, 1.807) is 0 Å². The minimum absolute atomic E-state index is 0.187. The van der Waals surface area contributed by atoms with E-state index in [4.69, 9.17) is 9.47 Å². The Morgan fingerprint density at radius 3 is 2.71 bits per heavy atom. The predicted octanol–water partition coefficient (Wildman–Crippen LogP) is 0.951. The topological polar surface area (TPSA) is 38.7 Å². The molecule has 0 aromatic carbocycles. The first-order valence-corrected chi connectivity index (χ1v) is 5.76. The Kier molecular flexibility index (Phi) is 2.26. The van der Waals surface area contributed by atoms with Gasteiger partial charge in [-0.1, -0.05) is 0 Å². The van der Waals surface area contributed by atoms with Crippen molar-refractivity contribution >= 4 is 0 Å². The molecule has 0 spiro atoms. The van der Waals surface area contributed by atoms with Crippen LogP contribution in [0.5, 0.6) is 0 Å². The molecule has 3 nitrogen and oxygen atoms in total. The molecule has 3 aliphatic heterocycles. The van der Waals surface area contributed by atoms with Gasteiger partial charge in [-0.3, -0.25) is 0 Å². The van der Waals surface area contributed by atoms with E-state index in [1.807, 2.05) is 0 Å². The van der Waals surface area contributed by atoms with Gasteiger partial charge < -0.3 is 14.6 Å². The van der Waals surface area contributed by atoms with Gasteiger partial charge in [0.2, 0.25) is 0 Å². The van der Waals surface area contributed by atoms with Crippen LogP contribution in [0.4, 0.5) is 0 Å². The maximum atomic E-state index is 10.2. The molecule has 0 aromatic heterocycles. The summed E-state index contributed by atoms with van der Waals surface area (Å²) in [6.45, 7) is 1.57. The maximum absolute atomic E-state index is 10.2. The van der Waals surface area contributed by atoms with Crippen molar-refractivity contribution in [1.29, 1.82) is 0 Å². The summed E-state index contributed by atoms with van der Waals surface area (Å²) >= 11 is 0. The van der Waals surface area contributed by atoms with Gasteiger partial charge in [0.05, 0.1) is 24.9 Å². The standard InChI is InChI=1S/C11H18O3/c12-11(7-3-4-13-6-7)9-5-8-1-2-10(9)14-8/h7-12H,1-6H2. The molecule has 0 saturated carbocycles. The van der Waals surface area contributed by atoms with Crippen molar-refractivity contribution in [3.8, 4) is 0 Å². The first-order chi connectivity index (χ1) is 6.84. The molecule has 3 fully saturated rings. The van der Waals surface area contributed by atoms with Crippen LogP contribution in [0.1, 0.15) is 25.7 Å². The summed E-state index contributed by atoms with van der Waals surface area (Å²) in [4.78, 5) is 0. The molecule has 3 heterocycles. The second-order valence-electron chi connectivity index (χ2n) is 4.89.